The van der Waals surface area contributed by atoms with Crippen LogP contribution in [0.15, 0.2) is 36.7 Å². The van der Waals surface area contributed by atoms with E-state index < -0.39 is 0 Å². The van der Waals surface area contributed by atoms with Crippen molar-refractivity contribution in [2.45, 2.75) is 13.0 Å². The second-order valence-electron chi connectivity index (χ2n) is 3.77. The summed E-state index contributed by atoms with van der Waals surface area (Å²) >= 11 is 5.71. The van der Waals surface area contributed by atoms with Crippen molar-refractivity contribution >= 4 is 23.2 Å². The van der Waals surface area contributed by atoms with Crippen molar-refractivity contribution in [1.82, 2.24) is 9.78 Å². The predicted molar refractivity (Wildman–Crippen MR) is 68.6 cm³/mol. The van der Waals surface area contributed by atoms with Gasteiger partial charge in [-0.25, -0.2) is 0 Å². The lowest BCUT2D eigenvalue weighted by atomic mass is 10.3. The van der Waals surface area contributed by atoms with Gasteiger partial charge in [-0.2, -0.15) is 5.10 Å². The van der Waals surface area contributed by atoms with Crippen LogP contribution >= 0.6 is 11.6 Å². The Morgan fingerprint density at radius 1 is 1.50 bits per heavy atom. The van der Waals surface area contributed by atoms with Crippen LogP contribution in [0.2, 0.25) is 5.02 Å². The normalized spacial score (nSPS) is 10.3. The monoisotopic (exact) mass is 265 g/mol. The number of aromatic hydroxyl groups is 1. The molecule has 0 saturated heterocycles. The zero-order valence-corrected chi connectivity index (χ0v) is 10.3. The number of nitrogens with one attached hydrogen (secondary N) is 1. The molecule has 0 aliphatic carbocycles. The van der Waals surface area contributed by atoms with Crippen LogP contribution in [-0.2, 0) is 11.3 Å². The molecule has 0 saturated carbocycles. The lowest BCUT2D eigenvalue weighted by Crippen LogP contribution is -2.14. The highest BCUT2D eigenvalue weighted by atomic mass is 35.5. The molecular formula is C12H12ClN3O2. The highest BCUT2D eigenvalue weighted by Gasteiger charge is 2.04. The van der Waals surface area contributed by atoms with Gasteiger partial charge in [0.1, 0.15) is 5.75 Å². The van der Waals surface area contributed by atoms with Gasteiger partial charge in [-0.3, -0.25) is 9.48 Å². The number of hydrogen-bond donors (Lipinski definition) is 2. The number of phenolic OH excluding ortho intramolecular Hbond substituents is 1. The fraction of sp³-hybridized carbons (Fsp3) is 0.167. The van der Waals surface area contributed by atoms with Gasteiger partial charge in [0.2, 0.25) is 5.91 Å². The second-order valence-corrected chi connectivity index (χ2v) is 4.21. The number of anilines is 1. The Bertz CT molecular complexity index is 554. The molecule has 1 amide bonds. The number of amides is 1. The molecule has 0 atom stereocenters. The molecule has 0 radical (unpaired) electrons. The van der Waals surface area contributed by atoms with E-state index in [1.165, 1.54) is 12.3 Å². The molecule has 6 heteroatoms. The van der Waals surface area contributed by atoms with Crippen molar-refractivity contribution in [2.24, 2.45) is 0 Å². The third-order valence-corrected chi connectivity index (χ3v) is 2.49. The molecule has 0 fully saturated rings. The van der Waals surface area contributed by atoms with Crippen LogP contribution < -0.4 is 5.32 Å². The molecule has 1 aromatic heterocycles. The first-order valence-electron chi connectivity index (χ1n) is 5.40. The average molecular weight is 266 g/mol. The molecule has 0 aliphatic rings. The smallest absolute Gasteiger partial charge is 0.226 e. The Labute approximate surface area is 109 Å². The third kappa shape index (κ3) is 3.49. The summed E-state index contributed by atoms with van der Waals surface area (Å²) < 4.78 is 1.60. The molecule has 2 aromatic rings. The molecule has 5 nitrogen and oxygen atoms in total. The van der Waals surface area contributed by atoms with Crippen LogP contribution in [0.5, 0.6) is 5.75 Å². The van der Waals surface area contributed by atoms with Crippen LogP contribution in [0.3, 0.4) is 0 Å². The van der Waals surface area contributed by atoms with Crippen molar-refractivity contribution in [3.8, 4) is 5.75 Å². The topological polar surface area (TPSA) is 67.2 Å². The van der Waals surface area contributed by atoms with Crippen LogP contribution in [-0.4, -0.2) is 20.8 Å². The van der Waals surface area contributed by atoms with Crippen LogP contribution in [0.4, 0.5) is 5.69 Å². The van der Waals surface area contributed by atoms with E-state index in [0.717, 1.165) is 0 Å². The summed E-state index contributed by atoms with van der Waals surface area (Å²) in [6.45, 7) is 0.456. The van der Waals surface area contributed by atoms with Gasteiger partial charge in [0.05, 0.1) is 11.2 Å². The van der Waals surface area contributed by atoms with E-state index in [2.05, 4.69) is 10.4 Å². The number of nitrogens with zero attached hydrogens (tertiary/aromatic N) is 2. The zero-order valence-electron chi connectivity index (χ0n) is 9.51. The van der Waals surface area contributed by atoms with Crippen LogP contribution in [0.1, 0.15) is 6.42 Å². The largest absolute Gasteiger partial charge is 0.508 e. The van der Waals surface area contributed by atoms with Gasteiger partial charge in [-0.1, -0.05) is 17.7 Å². The zero-order chi connectivity index (χ0) is 13.0. The van der Waals surface area contributed by atoms with Crippen LogP contribution in [0, 0.1) is 0 Å². The predicted octanol–water partition coefficient (Wildman–Crippen LogP) is 2.27. The molecule has 0 spiro atoms. The summed E-state index contributed by atoms with van der Waals surface area (Å²) in [5.74, 6) is -0.0288. The number of benzene rings is 1. The van der Waals surface area contributed by atoms with E-state index in [9.17, 15) is 9.90 Å². The van der Waals surface area contributed by atoms with Gasteiger partial charge in [-0.15, -0.1) is 0 Å². The maximum absolute atomic E-state index is 11.6. The molecule has 18 heavy (non-hydrogen) atoms. The first kappa shape index (κ1) is 12.4. The molecule has 2 N–H and O–H groups in total. The summed E-state index contributed by atoms with van der Waals surface area (Å²) in [4.78, 5) is 11.6. The van der Waals surface area contributed by atoms with E-state index >= 15 is 0 Å². The maximum atomic E-state index is 11.6. The molecule has 94 valence electrons. The minimum Gasteiger partial charge on any atom is -0.508 e. The quantitative estimate of drug-likeness (QED) is 0.891. The average Bonchev–Trinajstić information content (AvgIpc) is 2.73. The van der Waals surface area contributed by atoms with E-state index in [0.29, 0.717) is 17.3 Å². The summed E-state index contributed by atoms with van der Waals surface area (Å²) in [5, 5.41) is 16.5. The van der Waals surface area contributed by atoms with E-state index in [1.807, 2.05) is 0 Å². The van der Waals surface area contributed by atoms with Crippen molar-refractivity contribution in [3.05, 3.63) is 41.7 Å². The fourth-order valence-electron chi connectivity index (χ4n) is 1.48. The maximum Gasteiger partial charge on any atom is 0.226 e. The second kappa shape index (κ2) is 5.55. The van der Waals surface area contributed by atoms with Crippen molar-refractivity contribution in [1.29, 1.82) is 0 Å². The number of carbonyl (C=O) groups is 1. The number of phenols is 1. The minimum absolute atomic E-state index is 0.117. The van der Waals surface area contributed by atoms with Gasteiger partial charge < -0.3 is 10.4 Å². The fourth-order valence-corrected chi connectivity index (χ4v) is 1.64. The van der Waals surface area contributed by atoms with Gasteiger partial charge in [0.15, 0.2) is 0 Å². The Morgan fingerprint density at radius 2 is 2.33 bits per heavy atom. The Balaban J connectivity index is 1.85. The number of halogens is 1. The standard InChI is InChI=1S/C12H12ClN3O2/c13-9-7-14-16(8-9)5-4-12(18)15-10-2-1-3-11(17)6-10/h1-3,6-8,17H,4-5H2,(H,15,18). The Hall–Kier alpha value is -2.01. The number of aryl methyl sites for hydroxylation is 1. The molecular weight excluding hydrogens is 254 g/mol. The van der Waals surface area contributed by atoms with Crippen molar-refractivity contribution in [2.75, 3.05) is 5.32 Å². The van der Waals surface area contributed by atoms with E-state index in [1.54, 1.807) is 29.1 Å². The van der Waals surface area contributed by atoms with Gasteiger partial charge in [-0.05, 0) is 12.1 Å². The lowest BCUT2D eigenvalue weighted by Gasteiger charge is -2.05. The van der Waals surface area contributed by atoms with Gasteiger partial charge in [0, 0.05) is 30.9 Å². The van der Waals surface area contributed by atoms with E-state index in [4.69, 9.17) is 11.6 Å². The number of carbonyl (C=O) groups excluding carboxylic acids is 1. The Kier molecular flexibility index (Phi) is 3.84. The molecule has 0 bridgehead atoms. The summed E-state index contributed by atoms with van der Waals surface area (Å²) in [6, 6.07) is 6.41. The highest BCUT2D eigenvalue weighted by Crippen LogP contribution is 2.15. The molecule has 1 aromatic carbocycles. The van der Waals surface area contributed by atoms with Crippen molar-refractivity contribution in [3.63, 3.8) is 0 Å². The number of hydrogen-bond acceptors (Lipinski definition) is 3. The third-order valence-electron chi connectivity index (χ3n) is 2.30. The number of rotatable bonds is 4. The molecule has 0 aliphatic heterocycles. The van der Waals surface area contributed by atoms with Crippen molar-refractivity contribution < 1.29 is 9.90 Å². The minimum atomic E-state index is -0.146. The molecule has 1 heterocycles. The van der Waals surface area contributed by atoms with E-state index in [-0.39, 0.29) is 18.1 Å². The van der Waals surface area contributed by atoms with Crippen LogP contribution in [0.25, 0.3) is 0 Å². The summed E-state index contributed by atoms with van der Waals surface area (Å²) in [7, 11) is 0. The molecule has 0 unspecified atom stereocenters. The SMILES string of the molecule is O=C(CCn1cc(Cl)cn1)Nc1cccc(O)c1. The highest BCUT2D eigenvalue weighted by molar-refractivity contribution is 6.30. The summed E-state index contributed by atoms with van der Waals surface area (Å²) in [5.41, 5.74) is 0.568. The Morgan fingerprint density at radius 3 is 3.00 bits per heavy atom. The first-order chi connectivity index (χ1) is 8.63. The lowest BCUT2D eigenvalue weighted by molar-refractivity contribution is -0.116. The van der Waals surface area contributed by atoms with Gasteiger partial charge >= 0.3 is 0 Å². The molecule has 2 rings (SSSR count). The van der Waals surface area contributed by atoms with Gasteiger partial charge in [0.25, 0.3) is 0 Å². The summed E-state index contributed by atoms with van der Waals surface area (Å²) in [6.07, 6.45) is 3.46. The first-order valence-corrected chi connectivity index (χ1v) is 5.78. The number of aromatic nitrogens is 2.